The molecule has 0 aliphatic carbocycles. The predicted molar refractivity (Wildman–Crippen MR) is 109 cm³/mol. The molecule has 29 heavy (non-hydrogen) atoms. The van der Waals surface area contributed by atoms with E-state index in [0.717, 1.165) is 11.1 Å². The molecule has 0 radical (unpaired) electrons. The Labute approximate surface area is 168 Å². The van der Waals surface area contributed by atoms with Crippen molar-refractivity contribution < 1.29 is 19.1 Å². The van der Waals surface area contributed by atoms with Crippen molar-refractivity contribution in [3.63, 3.8) is 0 Å². The number of methoxy groups -OCH3 is 1. The molecular formula is C23H23NO5. The normalized spacial score (nSPS) is 15.9. The van der Waals surface area contributed by atoms with Gasteiger partial charge < -0.3 is 19.2 Å². The van der Waals surface area contributed by atoms with Gasteiger partial charge in [0.15, 0.2) is 5.43 Å². The van der Waals surface area contributed by atoms with Crippen LogP contribution in [0.5, 0.6) is 5.75 Å². The smallest absolute Gasteiger partial charge is 0.290 e. The van der Waals surface area contributed by atoms with E-state index < -0.39 is 6.04 Å². The number of hydrogen-bond acceptors (Lipinski definition) is 5. The van der Waals surface area contributed by atoms with Crippen LogP contribution in [0.3, 0.4) is 0 Å². The monoisotopic (exact) mass is 393 g/mol. The van der Waals surface area contributed by atoms with Gasteiger partial charge in [-0.1, -0.05) is 18.2 Å². The van der Waals surface area contributed by atoms with Crippen LogP contribution in [0.25, 0.3) is 11.0 Å². The maximum absolute atomic E-state index is 13.5. The predicted octanol–water partition coefficient (Wildman–Crippen LogP) is 3.70. The highest BCUT2D eigenvalue weighted by molar-refractivity contribution is 5.99. The van der Waals surface area contributed by atoms with Crippen LogP contribution in [-0.2, 0) is 4.74 Å². The first kappa shape index (κ1) is 19.2. The Morgan fingerprint density at radius 2 is 1.97 bits per heavy atom. The lowest BCUT2D eigenvalue weighted by Gasteiger charge is -2.25. The lowest BCUT2D eigenvalue weighted by atomic mass is 9.97. The zero-order valence-corrected chi connectivity index (χ0v) is 16.7. The number of benzene rings is 2. The van der Waals surface area contributed by atoms with Gasteiger partial charge in [0.25, 0.3) is 5.91 Å². The van der Waals surface area contributed by atoms with Gasteiger partial charge in [0, 0.05) is 20.3 Å². The van der Waals surface area contributed by atoms with Crippen molar-refractivity contribution in [3.05, 3.63) is 74.6 Å². The zero-order chi connectivity index (χ0) is 20.7. The molecule has 1 atom stereocenters. The van der Waals surface area contributed by atoms with Crippen LogP contribution in [-0.4, -0.2) is 36.2 Å². The standard InChI is InChI=1S/C23H23NO5/c1-13-10-14(2)21-17(11-13)20(26)18-19(15-6-4-7-16(25)12-15)24(8-5-9-28-3)23(27)22(18)29-21/h4,6-7,10-12,19,25H,5,8-9H2,1-3H3/t19-/m0/s1. The quantitative estimate of drug-likeness (QED) is 0.669. The van der Waals surface area contributed by atoms with Crippen LogP contribution in [0.4, 0.5) is 0 Å². The molecule has 0 saturated carbocycles. The third kappa shape index (κ3) is 3.19. The van der Waals surface area contributed by atoms with Crippen molar-refractivity contribution in [3.8, 4) is 5.75 Å². The summed E-state index contributed by atoms with van der Waals surface area (Å²) in [5.74, 6) is -0.152. The number of hydrogen-bond donors (Lipinski definition) is 1. The summed E-state index contributed by atoms with van der Waals surface area (Å²) in [7, 11) is 1.61. The summed E-state index contributed by atoms with van der Waals surface area (Å²) < 4.78 is 11.1. The number of ether oxygens (including phenoxy) is 1. The Kier molecular flexibility index (Phi) is 4.88. The van der Waals surface area contributed by atoms with Gasteiger partial charge >= 0.3 is 0 Å². The molecule has 0 fully saturated rings. The average molecular weight is 393 g/mol. The molecule has 2 aromatic carbocycles. The first-order chi connectivity index (χ1) is 13.9. The van der Waals surface area contributed by atoms with Crippen LogP contribution in [0.2, 0.25) is 0 Å². The molecule has 6 heteroatoms. The summed E-state index contributed by atoms with van der Waals surface area (Å²) in [5, 5.41) is 10.4. The Morgan fingerprint density at radius 3 is 2.69 bits per heavy atom. The lowest BCUT2D eigenvalue weighted by molar-refractivity contribution is 0.0707. The lowest BCUT2D eigenvalue weighted by Crippen LogP contribution is -2.31. The van der Waals surface area contributed by atoms with Gasteiger partial charge in [-0.3, -0.25) is 9.59 Å². The van der Waals surface area contributed by atoms with Gasteiger partial charge in [-0.25, -0.2) is 0 Å². The van der Waals surface area contributed by atoms with Crippen LogP contribution >= 0.6 is 0 Å². The number of fused-ring (bicyclic) bond motifs is 2. The summed E-state index contributed by atoms with van der Waals surface area (Å²) in [6.07, 6.45) is 0.622. The Hall–Kier alpha value is -3.12. The largest absolute Gasteiger partial charge is 0.508 e. The van der Waals surface area contributed by atoms with Gasteiger partial charge in [0.2, 0.25) is 5.76 Å². The first-order valence-electron chi connectivity index (χ1n) is 9.59. The molecule has 0 spiro atoms. The number of carbonyl (C=O) groups excluding carboxylic acids is 1. The van der Waals surface area contributed by atoms with Crippen molar-refractivity contribution in [1.82, 2.24) is 4.90 Å². The third-order valence-corrected chi connectivity index (χ3v) is 5.33. The molecule has 6 nitrogen and oxygen atoms in total. The molecule has 1 N–H and O–H groups in total. The fourth-order valence-corrected chi connectivity index (χ4v) is 4.13. The second-order valence-corrected chi connectivity index (χ2v) is 7.47. The fourth-order valence-electron chi connectivity index (χ4n) is 4.13. The summed E-state index contributed by atoms with van der Waals surface area (Å²) in [5.41, 5.74) is 3.02. The minimum atomic E-state index is -0.608. The first-order valence-corrected chi connectivity index (χ1v) is 9.59. The van der Waals surface area contributed by atoms with Crippen LogP contribution in [0.1, 0.15) is 45.3 Å². The van der Waals surface area contributed by atoms with Crippen molar-refractivity contribution in [1.29, 1.82) is 0 Å². The molecule has 3 aromatic rings. The average Bonchev–Trinajstić information content (AvgIpc) is 2.96. The van der Waals surface area contributed by atoms with Crippen molar-refractivity contribution in [2.75, 3.05) is 20.3 Å². The van der Waals surface area contributed by atoms with Gasteiger partial charge in [-0.2, -0.15) is 0 Å². The highest BCUT2D eigenvalue weighted by Gasteiger charge is 2.42. The number of nitrogens with zero attached hydrogens (tertiary/aromatic N) is 1. The highest BCUT2D eigenvalue weighted by atomic mass is 16.5. The second-order valence-electron chi connectivity index (χ2n) is 7.47. The van der Waals surface area contributed by atoms with E-state index in [1.54, 1.807) is 42.3 Å². The summed E-state index contributed by atoms with van der Waals surface area (Å²) in [6.45, 7) is 4.70. The fraction of sp³-hybridized carbons (Fsp3) is 0.304. The Bertz CT molecular complexity index is 1160. The summed E-state index contributed by atoms with van der Waals surface area (Å²) in [6, 6.07) is 9.78. The van der Waals surface area contributed by atoms with E-state index >= 15 is 0 Å². The number of aryl methyl sites for hydroxylation is 2. The number of aromatic hydroxyl groups is 1. The molecule has 1 aromatic heterocycles. The molecule has 0 saturated heterocycles. The molecule has 150 valence electrons. The summed E-state index contributed by atoms with van der Waals surface area (Å²) >= 11 is 0. The van der Waals surface area contributed by atoms with E-state index in [9.17, 15) is 14.7 Å². The van der Waals surface area contributed by atoms with Gasteiger partial charge in [0.05, 0.1) is 17.0 Å². The van der Waals surface area contributed by atoms with E-state index in [2.05, 4.69) is 0 Å². The summed E-state index contributed by atoms with van der Waals surface area (Å²) in [4.78, 5) is 28.3. The number of carbonyl (C=O) groups is 1. The van der Waals surface area contributed by atoms with E-state index in [1.165, 1.54) is 0 Å². The molecule has 4 rings (SSSR count). The Balaban J connectivity index is 1.96. The Morgan fingerprint density at radius 1 is 1.17 bits per heavy atom. The van der Waals surface area contributed by atoms with E-state index in [1.807, 2.05) is 19.9 Å². The SMILES string of the molecule is COCCCN1C(=O)c2oc3c(C)cc(C)cc3c(=O)c2[C@@H]1c1cccc(O)c1. The van der Waals surface area contributed by atoms with E-state index in [4.69, 9.17) is 9.15 Å². The van der Waals surface area contributed by atoms with Gasteiger partial charge in [-0.05, 0) is 55.2 Å². The van der Waals surface area contributed by atoms with Crippen LogP contribution in [0.15, 0.2) is 45.6 Å². The maximum atomic E-state index is 13.5. The number of phenolic OH excluding ortho intramolecular Hbond substituents is 1. The molecule has 0 unspecified atom stereocenters. The van der Waals surface area contributed by atoms with E-state index in [-0.39, 0.29) is 22.8 Å². The van der Waals surface area contributed by atoms with E-state index in [0.29, 0.717) is 41.7 Å². The van der Waals surface area contributed by atoms with Crippen molar-refractivity contribution >= 4 is 16.9 Å². The van der Waals surface area contributed by atoms with Gasteiger partial charge in [0.1, 0.15) is 11.3 Å². The van der Waals surface area contributed by atoms with Crippen molar-refractivity contribution in [2.24, 2.45) is 0 Å². The molecule has 1 amide bonds. The van der Waals surface area contributed by atoms with Crippen LogP contribution in [0, 0.1) is 13.8 Å². The van der Waals surface area contributed by atoms with Crippen LogP contribution < -0.4 is 5.43 Å². The minimum Gasteiger partial charge on any atom is -0.508 e. The molecule has 2 heterocycles. The molecule has 0 bridgehead atoms. The second kappa shape index (κ2) is 7.37. The number of amides is 1. The highest BCUT2D eigenvalue weighted by Crippen LogP contribution is 2.39. The topological polar surface area (TPSA) is 80.0 Å². The maximum Gasteiger partial charge on any atom is 0.290 e. The third-order valence-electron chi connectivity index (χ3n) is 5.33. The number of phenols is 1. The molecular weight excluding hydrogens is 370 g/mol. The number of rotatable bonds is 5. The zero-order valence-electron chi connectivity index (χ0n) is 16.7. The molecule has 1 aliphatic rings. The molecule has 1 aliphatic heterocycles. The van der Waals surface area contributed by atoms with Gasteiger partial charge in [-0.15, -0.1) is 0 Å². The van der Waals surface area contributed by atoms with Crippen molar-refractivity contribution in [2.45, 2.75) is 26.3 Å². The minimum absolute atomic E-state index is 0.0807.